The number of nitrogens with two attached hydrogens (primary N) is 1. The Hall–Kier alpha value is -1.56. The third-order valence-electron chi connectivity index (χ3n) is 2.68. The number of nitrogen functional groups attached to an aromatic ring is 1. The Labute approximate surface area is 127 Å². The average Bonchev–Trinajstić information content (AvgIpc) is 2.35. The highest BCUT2D eigenvalue weighted by Gasteiger charge is 2.23. The lowest BCUT2D eigenvalue weighted by Gasteiger charge is -2.18. The summed E-state index contributed by atoms with van der Waals surface area (Å²) in [6.07, 6.45) is 0.516. The number of methoxy groups -OCH3 is 1. The van der Waals surface area contributed by atoms with Gasteiger partial charge in [0.25, 0.3) is 5.91 Å². The molecule has 6 heteroatoms. The number of benzene rings is 1. The molecular formula is C14H19BrN2O3. The van der Waals surface area contributed by atoms with Crippen LogP contribution in [0.5, 0.6) is 0 Å². The van der Waals surface area contributed by atoms with E-state index in [1.165, 1.54) is 7.11 Å². The van der Waals surface area contributed by atoms with E-state index >= 15 is 0 Å². The summed E-state index contributed by atoms with van der Waals surface area (Å²) in [5.74, 6) is -0.545. The summed E-state index contributed by atoms with van der Waals surface area (Å²) in [4.78, 5) is 23.8. The van der Waals surface area contributed by atoms with Crippen molar-refractivity contribution >= 4 is 33.5 Å². The molecule has 0 radical (unpaired) electrons. The van der Waals surface area contributed by atoms with Gasteiger partial charge in [-0.15, -0.1) is 0 Å². The Balaban J connectivity index is 2.87. The number of amides is 1. The number of carbonyl (C=O) groups excluding carboxylic acids is 2. The Morgan fingerprint density at radius 2 is 2.00 bits per heavy atom. The minimum Gasteiger partial charge on any atom is -0.467 e. The van der Waals surface area contributed by atoms with Crippen molar-refractivity contribution in [1.29, 1.82) is 0 Å². The Morgan fingerprint density at radius 1 is 1.35 bits per heavy atom. The number of hydrogen-bond donors (Lipinski definition) is 2. The molecule has 0 saturated heterocycles. The zero-order valence-corrected chi connectivity index (χ0v) is 13.4. The smallest absolute Gasteiger partial charge is 0.328 e. The number of nitrogens with one attached hydrogen (secondary N) is 1. The number of hydrogen-bond acceptors (Lipinski definition) is 4. The standard InChI is InChI=1S/C14H19BrN2O3/c1-8(2)4-12(14(19)20-3)17-13(18)9-5-10(15)7-11(16)6-9/h5-8,12H,4,16H2,1-3H3,(H,17,18). The van der Waals surface area contributed by atoms with Gasteiger partial charge < -0.3 is 15.8 Å². The van der Waals surface area contributed by atoms with E-state index in [-0.39, 0.29) is 11.8 Å². The fourth-order valence-electron chi connectivity index (χ4n) is 1.81. The predicted molar refractivity (Wildman–Crippen MR) is 81.3 cm³/mol. The number of carbonyl (C=O) groups is 2. The molecule has 3 N–H and O–H groups in total. The topological polar surface area (TPSA) is 81.4 Å². The van der Waals surface area contributed by atoms with E-state index in [0.29, 0.717) is 22.1 Å². The zero-order valence-electron chi connectivity index (χ0n) is 11.8. The van der Waals surface area contributed by atoms with Crippen LogP contribution in [0, 0.1) is 5.92 Å². The van der Waals surface area contributed by atoms with Gasteiger partial charge in [0.1, 0.15) is 6.04 Å². The molecule has 1 aromatic rings. The molecule has 0 spiro atoms. The lowest BCUT2D eigenvalue weighted by atomic mass is 10.0. The van der Waals surface area contributed by atoms with Gasteiger partial charge >= 0.3 is 5.97 Å². The lowest BCUT2D eigenvalue weighted by molar-refractivity contribution is -0.143. The summed E-state index contributed by atoms with van der Waals surface area (Å²) in [6, 6.07) is 4.25. The fourth-order valence-corrected chi connectivity index (χ4v) is 2.32. The molecule has 110 valence electrons. The molecule has 1 aromatic carbocycles. The van der Waals surface area contributed by atoms with Crippen LogP contribution in [0.3, 0.4) is 0 Å². The minimum atomic E-state index is -0.660. The Kier molecular flexibility index (Phi) is 6.01. The van der Waals surface area contributed by atoms with Crippen LogP contribution in [0.1, 0.15) is 30.6 Å². The van der Waals surface area contributed by atoms with Crippen molar-refractivity contribution in [3.8, 4) is 0 Å². The van der Waals surface area contributed by atoms with Crippen LogP contribution in [0.4, 0.5) is 5.69 Å². The largest absolute Gasteiger partial charge is 0.467 e. The van der Waals surface area contributed by atoms with E-state index in [1.807, 2.05) is 13.8 Å². The molecule has 0 aliphatic heterocycles. The molecule has 0 aliphatic rings. The van der Waals surface area contributed by atoms with Crippen molar-refractivity contribution in [2.75, 3.05) is 12.8 Å². The van der Waals surface area contributed by atoms with Gasteiger partial charge in [0.05, 0.1) is 7.11 Å². The van der Waals surface area contributed by atoms with Gasteiger partial charge in [-0.1, -0.05) is 29.8 Å². The van der Waals surface area contributed by atoms with Gasteiger partial charge in [-0.3, -0.25) is 4.79 Å². The van der Waals surface area contributed by atoms with Gasteiger partial charge in [-0.2, -0.15) is 0 Å². The molecule has 5 nitrogen and oxygen atoms in total. The first-order valence-electron chi connectivity index (χ1n) is 6.28. The molecule has 20 heavy (non-hydrogen) atoms. The first kappa shape index (κ1) is 16.5. The van der Waals surface area contributed by atoms with Crippen molar-refractivity contribution in [3.63, 3.8) is 0 Å². The second kappa shape index (κ2) is 7.28. The summed E-state index contributed by atoms with van der Waals surface area (Å²) in [5.41, 5.74) is 6.57. The highest BCUT2D eigenvalue weighted by atomic mass is 79.9. The summed E-state index contributed by atoms with van der Waals surface area (Å²) in [6.45, 7) is 3.94. The summed E-state index contributed by atoms with van der Waals surface area (Å²) >= 11 is 3.28. The van der Waals surface area contributed by atoms with E-state index in [9.17, 15) is 9.59 Å². The normalized spacial score (nSPS) is 12.1. The van der Waals surface area contributed by atoms with Crippen molar-refractivity contribution < 1.29 is 14.3 Å². The number of rotatable bonds is 5. The molecule has 1 unspecified atom stereocenters. The van der Waals surface area contributed by atoms with Gasteiger partial charge in [0.2, 0.25) is 0 Å². The second-order valence-electron chi connectivity index (χ2n) is 4.95. The Morgan fingerprint density at radius 3 is 2.50 bits per heavy atom. The SMILES string of the molecule is COC(=O)C(CC(C)C)NC(=O)c1cc(N)cc(Br)c1. The quantitative estimate of drug-likeness (QED) is 0.635. The van der Waals surface area contributed by atoms with Crippen molar-refractivity contribution in [3.05, 3.63) is 28.2 Å². The molecular weight excluding hydrogens is 324 g/mol. The monoisotopic (exact) mass is 342 g/mol. The molecule has 1 amide bonds. The Bertz CT molecular complexity index is 483. The predicted octanol–water partition coefficient (Wildman–Crippen LogP) is 2.35. The molecule has 0 saturated carbocycles. The number of esters is 1. The van der Waals surface area contributed by atoms with E-state index in [1.54, 1.807) is 18.2 Å². The van der Waals surface area contributed by atoms with Crippen LogP contribution in [0.25, 0.3) is 0 Å². The highest BCUT2D eigenvalue weighted by Crippen LogP contribution is 2.17. The van der Waals surface area contributed by atoms with Crippen molar-refractivity contribution in [2.45, 2.75) is 26.3 Å². The third-order valence-corrected chi connectivity index (χ3v) is 3.14. The summed E-state index contributed by atoms with van der Waals surface area (Å²) in [7, 11) is 1.30. The first-order chi connectivity index (χ1) is 9.33. The van der Waals surface area contributed by atoms with Gasteiger partial charge in [0.15, 0.2) is 0 Å². The third kappa shape index (κ3) is 4.85. The molecule has 0 fully saturated rings. The van der Waals surface area contributed by atoms with Crippen LogP contribution < -0.4 is 11.1 Å². The van der Waals surface area contributed by atoms with E-state index in [2.05, 4.69) is 21.2 Å². The number of ether oxygens (including phenoxy) is 1. The molecule has 0 bridgehead atoms. The maximum atomic E-state index is 12.2. The number of halogens is 1. The van der Waals surface area contributed by atoms with Crippen molar-refractivity contribution in [1.82, 2.24) is 5.32 Å². The van der Waals surface area contributed by atoms with E-state index < -0.39 is 12.0 Å². The zero-order chi connectivity index (χ0) is 15.3. The maximum Gasteiger partial charge on any atom is 0.328 e. The average molecular weight is 343 g/mol. The van der Waals surface area contributed by atoms with Crippen LogP contribution in [-0.2, 0) is 9.53 Å². The van der Waals surface area contributed by atoms with Crippen LogP contribution in [-0.4, -0.2) is 25.0 Å². The lowest BCUT2D eigenvalue weighted by Crippen LogP contribution is -2.42. The van der Waals surface area contributed by atoms with Crippen LogP contribution >= 0.6 is 15.9 Å². The summed E-state index contributed by atoms with van der Waals surface area (Å²) in [5, 5.41) is 2.68. The van der Waals surface area contributed by atoms with E-state index in [0.717, 1.165) is 0 Å². The molecule has 0 heterocycles. The fraction of sp³-hybridized carbons (Fsp3) is 0.429. The molecule has 1 rings (SSSR count). The van der Waals surface area contributed by atoms with Gasteiger partial charge in [-0.25, -0.2) is 4.79 Å². The first-order valence-corrected chi connectivity index (χ1v) is 7.07. The molecule has 1 atom stereocenters. The highest BCUT2D eigenvalue weighted by molar-refractivity contribution is 9.10. The van der Waals surface area contributed by atoms with Crippen LogP contribution in [0.15, 0.2) is 22.7 Å². The maximum absolute atomic E-state index is 12.2. The van der Waals surface area contributed by atoms with Gasteiger partial charge in [0, 0.05) is 15.7 Å². The molecule has 0 aromatic heterocycles. The second-order valence-corrected chi connectivity index (χ2v) is 5.87. The minimum absolute atomic E-state index is 0.256. The summed E-state index contributed by atoms with van der Waals surface area (Å²) < 4.78 is 5.42. The number of anilines is 1. The van der Waals surface area contributed by atoms with E-state index in [4.69, 9.17) is 10.5 Å². The van der Waals surface area contributed by atoms with Crippen molar-refractivity contribution in [2.24, 2.45) is 5.92 Å². The van der Waals surface area contributed by atoms with Crippen LogP contribution in [0.2, 0.25) is 0 Å². The van der Waals surface area contributed by atoms with Gasteiger partial charge in [-0.05, 0) is 30.5 Å². The molecule has 0 aliphatic carbocycles.